The summed E-state index contributed by atoms with van der Waals surface area (Å²) in [5, 5.41) is 0. The molecule has 0 aliphatic carbocycles. The number of unbranched alkanes of at least 4 members (excludes halogenated alkanes) is 1. The number of piperidine rings is 1. The molecule has 0 aromatic rings. The first-order valence-electron chi connectivity index (χ1n) is 8.38. The minimum atomic E-state index is 0.513. The van der Waals surface area contributed by atoms with Gasteiger partial charge in [-0.2, -0.15) is 0 Å². The number of hydrogen-bond donors (Lipinski definition) is 0. The van der Waals surface area contributed by atoms with E-state index in [2.05, 4.69) is 46.4 Å². The van der Waals surface area contributed by atoms with E-state index in [4.69, 9.17) is 0 Å². The average Bonchev–Trinajstić information content (AvgIpc) is 2.23. The second kappa shape index (κ2) is 7.11. The minimum absolute atomic E-state index is 0.513. The standard InChI is InChI=1S/C18H37N/c1-17(2,3)11-7-8-12-19-13-9-16(10-14-19)15-18(4,5)6/h16H,7-15H2,1-6H3. The molecule has 0 spiro atoms. The molecule has 1 saturated heterocycles. The van der Waals surface area contributed by atoms with Gasteiger partial charge in [0.15, 0.2) is 0 Å². The lowest BCUT2D eigenvalue weighted by atomic mass is 9.80. The van der Waals surface area contributed by atoms with Gasteiger partial charge >= 0.3 is 0 Å². The zero-order valence-corrected chi connectivity index (χ0v) is 14.4. The summed E-state index contributed by atoms with van der Waals surface area (Å²) in [6.07, 6.45) is 8.41. The van der Waals surface area contributed by atoms with E-state index in [0.717, 1.165) is 5.92 Å². The van der Waals surface area contributed by atoms with Crippen LogP contribution >= 0.6 is 0 Å². The zero-order valence-electron chi connectivity index (χ0n) is 14.4. The van der Waals surface area contributed by atoms with Gasteiger partial charge in [-0.05, 0) is 68.5 Å². The first kappa shape index (κ1) is 17.0. The smallest absolute Gasteiger partial charge is 0.00161 e. The third kappa shape index (κ3) is 8.68. The second-order valence-corrected chi connectivity index (χ2v) is 9.07. The van der Waals surface area contributed by atoms with Crippen molar-refractivity contribution in [3.05, 3.63) is 0 Å². The summed E-state index contributed by atoms with van der Waals surface area (Å²) in [6, 6.07) is 0. The molecule has 0 aromatic heterocycles. The Hall–Kier alpha value is -0.0400. The molecule has 0 saturated carbocycles. The Kier molecular flexibility index (Phi) is 6.36. The van der Waals surface area contributed by atoms with Gasteiger partial charge in [0, 0.05) is 0 Å². The summed E-state index contributed by atoms with van der Waals surface area (Å²) in [5.74, 6) is 0.978. The highest BCUT2D eigenvalue weighted by Gasteiger charge is 2.23. The van der Waals surface area contributed by atoms with E-state index in [9.17, 15) is 0 Å². The van der Waals surface area contributed by atoms with Gasteiger partial charge in [0.05, 0.1) is 0 Å². The molecule has 0 unspecified atom stereocenters. The van der Waals surface area contributed by atoms with Crippen LogP contribution in [0.2, 0.25) is 0 Å². The van der Waals surface area contributed by atoms with Crippen LogP contribution < -0.4 is 0 Å². The molecule has 1 nitrogen and oxygen atoms in total. The van der Waals surface area contributed by atoms with Gasteiger partial charge in [0.1, 0.15) is 0 Å². The van der Waals surface area contributed by atoms with Crippen LogP contribution in [0.15, 0.2) is 0 Å². The molecule has 0 atom stereocenters. The van der Waals surface area contributed by atoms with E-state index in [1.54, 1.807) is 0 Å². The quantitative estimate of drug-likeness (QED) is 0.607. The number of rotatable bonds is 5. The van der Waals surface area contributed by atoms with Crippen LogP contribution in [0.5, 0.6) is 0 Å². The van der Waals surface area contributed by atoms with Crippen LogP contribution in [0.4, 0.5) is 0 Å². The normalized spacial score (nSPS) is 19.9. The predicted octanol–water partition coefficient (Wildman–Crippen LogP) is 5.35. The van der Waals surface area contributed by atoms with Crippen LogP contribution in [0.25, 0.3) is 0 Å². The van der Waals surface area contributed by atoms with Crippen LogP contribution in [-0.2, 0) is 0 Å². The Balaban J connectivity index is 2.10. The van der Waals surface area contributed by atoms with Crippen molar-refractivity contribution in [1.29, 1.82) is 0 Å². The molecule has 1 aliphatic heterocycles. The van der Waals surface area contributed by atoms with E-state index in [1.165, 1.54) is 58.2 Å². The summed E-state index contributed by atoms with van der Waals surface area (Å²) in [4.78, 5) is 2.70. The fraction of sp³-hybridized carbons (Fsp3) is 1.00. The Labute approximate surface area is 122 Å². The maximum atomic E-state index is 2.70. The Morgan fingerprint density at radius 1 is 0.842 bits per heavy atom. The third-order valence-electron chi connectivity index (χ3n) is 4.26. The molecule has 0 aromatic carbocycles. The Morgan fingerprint density at radius 2 is 1.42 bits per heavy atom. The van der Waals surface area contributed by atoms with Crippen molar-refractivity contribution < 1.29 is 0 Å². The summed E-state index contributed by atoms with van der Waals surface area (Å²) in [5.41, 5.74) is 1.03. The van der Waals surface area contributed by atoms with Gasteiger partial charge in [-0.25, -0.2) is 0 Å². The molecule has 1 rings (SSSR count). The SMILES string of the molecule is CC(C)(C)CCCCN1CCC(CC(C)(C)C)CC1. The molecule has 1 fully saturated rings. The molecular formula is C18H37N. The van der Waals surface area contributed by atoms with Crippen molar-refractivity contribution in [2.24, 2.45) is 16.7 Å². The Morgan fingerprint density at radius 3 is 1.89 bits per heavy atom. The molecular weight excluding hydrogens is 230 g/mol. The fourth-order valence-electron chi connectivity index (χ4n) is 3.27. The van der Waals surface area contributed by atoms with Crippen molar-refractivity contribution in [2.45, 2.75) is 80.1 Å². The van der Waals surface area contributed by atoms with Gasteiger partial charge in [0.2, 0.25) is 0 Å². The molecule has 1 aliphatic rings. The summed E-state index contributed by atoms with van der Waals surface area (Å²) in [6.45, 7) is 18.2. The maximum Gasteiger partial charge on any atom is -0.00161 e. The molecule has 0 amide bonds. The van der Waals surface area contributed by atoms with E-state index in [-0.39, 0.29) is 0 Å². The first-order valence-corrected chi connectivity index (χ1v) is 8.38. The second-order valence-electron chi connectivity index (χ2n) is 9.07. The molecule has 1 heterocycles. The molecule has 0 bridgehead atoms. The van der Waals surface area contributed by atoms with Gasteiger partial charge < -0.3 is 4.90 Å². The van der Waals surface area contributed by atoms with Crippen LogP contribution in [-0.4, -0.2) is 24.5 Å². The van der Waals surface area contributed by atoms with Gasteiger partial charge in [-0.15, -0.1) is 0 Å². The van der Waals surface area contributed by atoms with E-state index >= 15 is 0 Å². The van der Waals surface area contributed by atoms with E-state index in [0.29, 0.717) is 10.8 Å². The van der Waals surface area contributed by atoms with Crippen molar-refractivity contribution in [3.8, 4) is 0 Å². The molecule has 1 heteroatoms. The molecule has 0 N–H and O–H groups in total. The van der Waals surface area contributed by atoms with Crippen LogP contribution in [0, 0.1) is 16.7 Å². The summed E-state index contributed by atoms with van der Waals surface area (Å²) in [7, 11) is 0. The minimum Gasteiger partial charge on any atom is -0.303 e. The summed E-state index contributed by atoms with van der Waals surface area (Å²) < 4.78 is 0. The predicted molar refractivity (Wildman–Crippen MR) is 86.5 cm³/mol. The van der Waals surface area contributed by atoms with E-state index < -0.39 is 0 Å². The highest BCUT2D eigenvalue weighted by molar-refractivity contribution is 4.76. The fourth-order valence-corrected chi connectivity index (χ4v) is 3.27. The van der Waals surface area contributed by atoms with Gasteiger partial charge in [-0.3, -0.25) is 0 Å². The van der Waals surface area contributed by atoms with Gasteiger partial charge in [0.25, 0.3) is 0 Å². The third-order valence-corrected chi connectivity index (χ3v) is 4.26. The Bertz CT molecular complexity index is 233. The lowest BCUT2D eigenvalue weighted by Crippen LogP contribution is -2.35. The lowest BCUT2D eigenvalue weighted by molar-refractivity contribution is 0.149. The monoisotopic (exact) mass is 267 g/mol. The van der Waals surface area contributed by atoms with Crippen molar-refractivity contribution in [1.82, 2.24) is 4.90 Å². The van der Waals surface area contributed by atoms with Gasteiger partial charge in [-0.1, -0.05) is 48.0 Å². The average molecular weight is 268 g/mol. The number of likely N-dealkylation sites (tertiary alicyclic amines) is 1. The molecule has 0 radical (unpaired) electrons. The highest BCUT2D eigenvalue weighted by Crippen LogP contribution is 2.31. The summed E-state index contributed by atoms with van der Waals surface area (Å²) >= 11 is 0. The van der Waals surface area contributed by atoms with Crippen LogP contribution in [0.1, 0.15) is 80.1 Å². The van der Waals surface area contributed by atoms with Crippen molar-refractivity contribution in [2.75, 3.05) is 19.6 Å². The molecule has 114 valence electrons. The maximum absolute atomic E-state index is 2.70. The number of nitrogens with zero attached hydrogens (tertiary/aromatic N) is 1. The van der Waals surface area contributed by atoms with E-state index in [1.807, 2.05) is 0 Å². The van der Waals surface area contributed by atoms with Crippen molar-refractivity contribution in [3.63, 3.8) is 0 Å². The zero-order chi connectivity index (χ0) is 14.5. The highest BCUT2D eigenvalue weighted by atomic mass is 15.1. The molecule has 19 heavy (non-hydrogen) atoms. The lowest BCUT2D eigenvalue weighted by Gasteiger charge is -2.35. The largest absolute Gasteiger partial charge is 0.303 e. The van der Waals surface area contributed by atoms with Crippen LogP contribution in [0.3, 0.4) is 0 Å². The van der Waals surface area contributed by atoms with Crippen molar-refractivity contribution >= 4 is 0 Å². The first-order chi connectivity index (χ1) is 8.66. The topological polar surface area (TPSA) is 3.24 Å². The number of hydrogen-bond acceptors (Lipinski definition) is 1.